The zero-order valence-electron chi connectivity index (χ0n) is 10.7. The Balaban J connectivity index is 1.83. The Morgan fingerprint density at radius 2 is 1.94 bits per heavy atom. The maximum Gasteiger partial charge on any atom is 0.0720 e. The first-order valence-corrected chi connectivity index (χ1v) is 6.72. The van der Waals surface area contributed by atoms with Gasteiger partial charge in [-0.2, -0.15) is 0 Å². The minimum atomic E-state index is 0.497. The van der Waals surface area contributed by atoms with Gasteiger partial charge in [0, 0.05) is 6.54 Å². The van der Waals surface area contributed by atoms with Gasteiger partial charge in [-0.3, -0.25) is 0 Å². The van der Waals surface area contributed by atoms with Gasteiger partial charge in [-0.05, 0) is 31.0 Å². The number of ether oxygens (including phenoxy) is 1. The number of hydrogen-bond donors (Lipinski definition) is 1. The smallest absolute Gasteiger partial charge is 0.0720 e. The highest BCUT2D eigenvalue weighted by Crippen LogP contribution is 2.21. The summed E-state index contributed by atoms with van der Waals surface area (Å²) in [4.78, 5) is 0. The predicted octanol–water partition coefficient (Wildman–Crippen LogP) is 3.26. The summed E-state index contributed by atoms with van der Waals surface area (Å²) in [5, 5.41) is 3.18. The first-order valence-electron chi connectivity index (χ1n) is 6.72. The van der Waals surface area contributed by atoms with Gasteiger partial charge < -0.3 is 10.1 Å². The fourth-order valence-corrected chi connectivity index (χ4v) is 2.48. The molecule has 0 amide bonds. The van der Waals surface area contributed by atoms with E-state index in [4.69, 9.17) is 4.74 Å². The van der Waals surface area contributed by atoms with Crippen LogP contribution in [0.4, 0.5) is 0 Å². The largest absolute Gasteiger partial charge is 0.374 e. The molecular formula is C15H23NO. The second kappa shape index (κ2) is 6.77. The molecule has 1 saturated carbocycles. The van der Waals surface area contributed by atoms with E-state index < -0.39 is 0 Å². The summed E-state index contributed by atoms with van der Waals surface area (Å²) in [5.74, 6) is 0. The quantitative estimate of drug-likeness (QED) is 0.843. The van der Waals surface area contributed by atoms with E-state index in [1.807, 2.05) is 7.05 Å². The van der Waals surface area contributed by atoms with Crippen molar-refractivity contribution in [1.82, 2.24) is 5.32 Å². The molecular weight excluding hydrogens is 210 g/mol. The van der Waals surface area contributed by atoms with Crippen LogP contribution in [0.1, 0.15) is 43.2 Å². The summed E-state index contributed by atoms with van der Waals surface area (Å²) in [6.45, 7) is 1.69. The number of rotatable bonds is 5. The minimum absolute atomic E-state index is 0.497. The summed E-state index contributed by atoms with van der Waals surface area (Å²) in [7, 11) is 1.98. The van der Waals surface area contributed by atoms with E-state index in [0.29, 0.717) is 6.10 Å². The first-order chi connectivity index (χ1) is 8.38. The van der Waals surface area contributed by atoms with Crippen LogP contribution in [-0.2, 0) is 17.9 Å². The lowest BCUT2D eigenvalue weighted by molar-refractivity contribution is 0.0168. The third-order valence-corrected chi connectivity index (χ3v) is 3.41. The lowest BCUT2D eigenvalue weighted by atomic mass is 9.98. The molecule has 0 aromatic heterocycles. The fourth-order valence-electron chi connectivity index (χ4n) is 2.48. The Kier molecular flexibility index (Phi) is 5.02. The normalized spacial score (nSPS) is 17.2. The van der Waals surface area contributed by atoms with E-state index in [0.717, 1.165) is 13.2 Å². The molecule has 1 aromatic rings. The second-order valence-corrected chi connectivity index (χ2v) is 4.92. The molecule has 0 unspecified atom stereocenters. The van der Waals surface area contributed by atoms with Gasteiger partial charge in [-0.1, -0.05) is 43.5 Å². The first kappa shape index (κ1) is 12.6. The van der Waals surface area contributed by atoms with Crippen molar-refractivity contribution in [3.63, 3.8) is 0 Å². The van der Waals surface area contributed by atoms with Crippen molar-refractivity contribution in [2.24, 2.45) is 0 Å². The van der Waals surface area contributed by atoms with Crippen molar-refractivity contribution in [2.75, 3.05) is 7.05 Å². The van der Waals surface area contributed by atoms with Crippen LogP contribution in [0, 0.1) is 0 Å². The SMILES string of the molecule is CNCc1cccc(COC2CCCCC2)c1. The summed E-state index contributed by atoms with van der Waals surface area (Å²) < 4.78 is 5.98. The molecule has 1 aromatic carbocycles. The van der Waals surface area contributed by atoms with Gasteiger partial charge in [0.15, 0.2) is 0 Å². The van der Waals surface area contributed by atoms with E-state index in [-0.39, 0.29) is 0 Å². The third kappa shape index (κ3) is 4.14. The van der Waals surface area contributed by atoms with Gasteiger partial charge in [0.1, 0.15) is 0 Å². The zero-order chi connectivity index (χ0) is 11.9. The lowest BCUT2D eigenvalue weighted by Gasteiger charge is -2.22. The third-order valence-electron chi connectivity index (χ3n) is 3.41. The second-order valence-electron chi connectivity index (χ2n) is 4.92. The van der Waals surface area contributed by atoms with Gasteiger partial charge >= 0.3 is 0 Å². The van der Waals surface area contributed by atoms with Crippen LogP contribution >= 0.6 is 0 Å². The van der Waals surface area contributed by atoms with E-state index in [2.05, 4.69) is 29.6 Å². The van der Waals surface area contributed by atoms with Crippen LogP contribution in [0.2, 0.25) is 0 Å². The van der Waals surface area contributed by atoms with Gasteiger partial charge in [-0.15, -0.1) is 0 Å². The molecule has 17 heavy (non-hydrogen) atoms. The van der Waals surface area contributed by atoms with E-state index in [1.54, 1.807) is 0 Å². The van der Waals surface area contributed by atoms with Crippen LogP contribution in [0.5, 0.6) is 0 Å². The molecule has 2 heteroatoms. The molecule has 2 rings (SSSR count). The van der Waals surface area contributed by atoms with Crippen LogP contribution in [0.15, 0.2) is 24.3 Å². The molecule has 0 atom stereocenters. The van der Waals surface area contributed by atoms with Gasteiger partial charge in [0.25, 0.3) is 0 Å². The Labute approximate surface area is 104 Å². The Hall–Kier alpha value is -0.860. The topological polar surface area (TPSA) is 21.3 Å². The molecule has 0 spiro atoms. The molecule has 2 nitrogen and oxygen atoms in total. The van der Waals surface area contributed by atoms with E-state index in [9.17, 15) is 0 Å². The van der Waals surface area contributed by atoms with Gasteiger partial charge in [-0.25, -0.2) is 0 Å². The molecule has 1 aliphatic rings. The fraction of sp³-hybridized carbons (Fsp3) is 0.600. The highest BCUT2D eigenvalue weighted by molar-refractivity contribution is 5.22. The maximum absolute atomic E-state index is 5.98. The minimum Gasteiger partial charge on any atom is -0.374 e. The van der Waals surface area contributed by atoms with Gasteiger partial charge in [0.05, 0.1) is 12.7 Å². The molecule has 0 saturated heterocycles. The van der Waals surface area contributed by atoms with Crippen molar-refractivity contribution in [2.45, 2.75) is 51.4 Å². The summed E-state index contributed by atoms with van der Waals surface area (Å²) in [6.07, 6.45) is 7.05. The predicted molar refractivity (Wildman–Crippen MR) is 70.9 cm³/mol. The highest BCUT2D eigenvalue weighted by atomic mass is 16.5. The molecule has 0 heterocycles. The van der Waals surface area contributed by atoms with Crippen LogP contribution in [-0.4, -0.2) is 13.2 Å². The molecule has 0 aliphatic heterocycles. The van der Waals surface area contributed by atoms with Crippen molar-refractivity contribution in [3.05, 3.63) is 35.4 Å². The van der Waals surface area contributed by atoms with Crippen LogP contribution in [0.25, 0.3) is 0 Å². The number of hydrogen-bond acceptors (Lipinski definition) is 2. The standard InChI is InChI=1S/C15H23NO/c1-16-11-13-6-5-7-14(10-13)12-17-15-8-3-2-4-9-15/h5-7,10,15-16H,2-4,8-9,11-12H2,1H3. The number of nitrogens with one attached hydrogen (secondary N) is 1. The average molecular weight is 233 g/mol. The summed E-state index contributed by atoms with van der Waals surface area (Å²) in [6, 6.07) is 8.66. The van der Waals surface area contributed by atoms with Crippen LogP contribution < -0.4 is 5.32 Å². The Morgan fingerprint density at radius 3 is 2.71 bits per heavy atom. The Morgan fingerprint density at radius 1 is 1.18 bits per heavy atom. The summed E-state index contributed by atoms with van der Waals surface area (Å²) >= 11 is 0. The molecule has 1 aliphatic carbocycles. The average Bonchev–Trinajstić information content (AvgIpc) is 2.39. The summed E-state index contributed by atoms with van der Waals surface area (Å²) in [5.41, 5.74) is 2.63. The molecule has 0 bridgehead atoms. The number of benzene rings is 1. The van der Waals surface area contributed by atoms with Crippen molar-refractivity contribution in [3.8, 4) is 0 Å². The molecule has 1 fully saturated rings. The Bertz CT molecular complexity index is 331. The maximum atomic E-state index is 5.98. The lowest BCUT2D eigenvalue weighted by Crippen LogP contribution is -2.16. The van der Waals surface area contributed by atoms with Crippen molar-refractivity contribution < 1.29 is 4.74 Å². The van der Waals surface area contributed by atoms with Gasteiger partial charge in [0.2, 0.25) is 0 Å². The molecule has 1 N–H and O–H groups in total. The van der Waals surface area contributed by atoms with E-state index >= 15 is 0 Å². The highest BCUT2D eigenvalue weighted by Gasteiger charge is 2.13. The monoisotopic (exact) mass is 233 g/mol. The van der Waals surface area contributed by atoms with Crippen molar-refractivity contribution in [1.29, 1.82) is 0 Å². The van der Waals surface area contributed by atoms with E-state index in [1.165, 1.54) is 43.2 Å². The van der Waals surface area contributed by atoms with Crippen LogP contribution in [0.3, 0.4) is 0 Å². The molecule has 0 radical (unpaired) electrons. The molecule has 94 valence electrons. The zero-order valence-corrected chi connectivity index (χ0v) is 10.7. The van der Waals surface area contributed by atoms with Crippen molar-refractivity contribution >= 4 is 0 Å².